The van der Waals surface area contributed by atoms with E-state index < -0.39 is 0 Å². The van der Waals surface area contributed by atoms with E-state index in [4.69, 9.17) is 0 Å². The van der Waals surface area contributed by atoms with Crippen LogP contribution in [0.15, 0.2) is 24.3 Å². The Hall–Kier alpha value is -1.64. The molecule has 3 rings (SSSR count). The van der Waals surface area contributed by atoms with Crippen molar-refractivity contribution in [3.63, 3.8) is 0 Å². The molecule has 1 aromatic rings. The molecule has 1 saturated carbocycles. The lowest BCUT2D eigenvalue weighted by molar-refractivity contribution is -0.118. The second-order valence-corrected chi connectivity index (χ2v) is 4.23. The first-order chi connectivity index (χ1) is 7.31. The van der Waals surface area contributed by atoms with E-state index in [1.165, 1.54) is 0 Å². The first-order valence-electron chi connectivity index (χ1n) is 5.17. The Balaban J connectivity index is 1.99. The van der Waals surface area contributed by atoms with Crippen molar-refractivity contribution in [3.05, 3.63) is 29.8 Å². The molecule has 2 aliphatic rings. The summed E-state index contributed by atoms with van der Waals surface area (Å²) < 4.78 is 0. The zero-order valence-electron chi connectivity index (χ0n) is 8.22. The van der Waals surface area contributed by atoms with Crippen molar-refractivity contribution in [2.75, 3.05) is 11.4 Å². The molecular weight excluding hydrogens is 190 g/mol. The first kappa shape index (κ1) is 8.65. The van der Waals surface area contributed by atoms with Crippen molar-refractivity contribution in [1.29, 1.82) is 0 Å². The Bertz CT molecular complexity index is 441. The van der Waals surface area contributed by atoms with E-state index >= 15 is 0 Å². The molecule has 3 nitrogen and oxygen atoms in total. The van der Waals surface area contributed by atoms with Crippen LogP contribution in [0.5, 0.6) is 0 Å². The quantitative estimate of drug-likeness (QED) is 0.680. The van der Waals surface area contributed by atoms with Crippen LogP contribution in [0.2, 0.25) is 0 Å². The Kier molecular flexibility index (Phi) is 1.69. The average molecular weight is 201 g/mol. The Morgan fingerprint density at radius 1 is 1.33 bits per heavy atom. The van der Waals surface area contributed by atoms with E-state index in [-0.39, 0.29) is 11.8 Å². The minimum absolute atomic E-state index is 0.189. The van der Waals surface area contributed by atoms with E-state index in [2.05, 4.69) is 0 Å². The molecule has 2 fully saturated rings. The van der Waals surface area contributed by atoms with Crippen LogP contribution in [0, 0.1) is 11.8 Å². The van der Waals surface area contributed by atoms with Crippen molar-refractivity contribution in [2.45, 2.75) is 6.42 Å². The van der Waals surface area contributed by atoms with Crippen molar-refractivity contribution < 1.29 is 9.59 Å². The molecule has 1 saturated heterocycles. The van der Waals surface area contributed by atoms with Crippen LogP contribution < -0.4 is 4.90 Å². The number of benzene rings is 1. The summed E-state index contributed by atoms with van der Waals surface area (Å²) in [7, 11) is 0. The molecule has 76 valence electrons. The summed E-state index contributed by atoms with van der Waals surface area (Å²) in [6, 6.07) is 7.26. The van der Waals surface area contributed by atoms with Gasteiger partial charge in [-0.2, -0.15) is 0 Å². The number of anilines is 1. The molecule has 0 spiro atoms. The third-order valence-electron chi connectivity index (χ3n) is 3.28. The fraction of sp³-hybridized carbons (Fsp3) is 0.333. The summed E-state index contributed by atoms with van der Waals surface area (Å²) in [5.74, 6) is 0.969. The topological polar surface area (TPSA) is 37.4 Å². The number of nitrogens with zero attached hydrogens (tertiary/aromatic N) is 1. The number of fused-ring (bicyclic) bond motifs is 1. The van der Waals surface area contributed by atoms with Gasteiger partial charge in [0.1, 0.15) is 0 Å². The third kappa shape index (κ3) is 1.19. The lowest BCUT2D eigenvalue weighted by Gasteiger charge is -2.19. The average Bonchev–Trinajstić information content (AvgIpc) is 2.98. The molecule has 1 aromatic carbocycles. The van der Waals surface area contributed by atoms with Crippen LogP contribution in [-0.4, -0.2) is 18.7 Å². The van der Waals surface area contributed by atoms with E-state index in [0.717, 1.165) is 24.9 Å². The summed E-state index contributed by atoms with van der Waals surface area (Å²) in [5.41, 5.74) is 1.37. The monoisotopic (exact) mass is 201 g/mol. The summed E-state index contributed by atoms with van der Waals surface area (Å²) in [6.07, 6.45) is 1.85. The Labute approximate surface area is 87.7 Å². The lowest BCUT2D eigenvalue weighted by Crippen LogP contribution is -2.28. The minimum atomic E-state index is 0.189. The molecule has 0 aromatic heterocycles. The first-order valence-corrected chi connectivity index (χ1v) is 5.17. The Morgan fingerprint density at radius 3 is 2.80 bits per heavy atom. The molecule has 1 aliphatic heterocycles. The second-order valence-electron chi connectivity index (χ2n) is 4.23. The number of carbonyl (C=O) groups is 2. The van der Waals surface area contributed by atoms with E-state index in [1.54, 1.807) is 11.0 Å². The number of aldehydes is 1. The highest BCUT2D eigenvalue weighted by atomic mass is 16.2. The molecule has 15 heavy (non-hydrogen) atoms. The van der Waals surface area contributed by atoms with Crippen molar-refractivity contribution in [3.8, 4) is 0 Å². The fourth-order valence-corrected chi connectivity index (χ4v) is 2.33. The van der Waals surface area contributed by atoms with E-state index in [0.29, 0.717) is 11.5 Å². The zero-order valence-corrected chi connectivity index (χ0v) is 8.22. The Morgan fingerprint density at radius 2 is 2.13 bits per heavy atom. The zero-order chi connectivity index (χ0) is 10.4. The lowest BCUT2D eigenvalue weighted by atomic mass is 10.1. The predicted octanol–water partition coefficient (Wildman–Crippen LogP) is 1.48. The van der Waals surface area contributed by atoms with Crippen molar-refractivity contribution >= 4 is 17.9 Å². The van der Waals surface area contributed by atoms with Crippen LogP contribution in [0.25, 0.3) is 0 Å². The highest BCUT2D eigenvalue weighted by Crippen LogP contribution is 2.47. The molecule has 0 N–H and O–H groups in total. The number of piperidine rings is 1. The van der Waals surface area contributed by atoms with Crippen molar-refractivity contribution in [1.82, 2.24) is 0 Å². The maximum Gasteiger partial charge on any atom is 0.230 e. The van der Waals surface area contributed by atoms with Gasteiger partial charge in [0, 0.05) is 18.0 Å². The number of rotatable bonds is 2. The molecule has 1 heterocycles. The molecule has 0 radical (unpaired) electrons. The van der Waals surface area contributed by atoms with Gasteiger partial charge in [0.05, 0.1) is 5.69 Å². The van der Waals surface area contributed by atoms with E-state index in [9.17, 15) is 9.59 Å². The number of carbonyl (C=O) groups excluding carboxylic acids is 2. The molecule has 1 amide bonds. The van der Waals surface area contributed by atoms with Crippen LogP contribution in [0.3, 0.4) is 0 Å². The van der Waals surface area contributed by atoms with Crippen molar-refractivity contribution in [2.24, 2.45) is 11.8 Å². The largest absolute Gasteiger partial charge is 0.311 e. The minimum Gasteiger partial charge on any atom is -0.311 e. The summed E-state index contributed by atoms with van der Waals surface area (Å²) in [6.45, 7) is 0.786. The van der Waals surface area contributed by atoms with Gasteiger partial charge >= 0.3 is 0 Å². The number of amides is 1. The molecule has 0 bridgehead atoms. The number of hydrogen-bond acceptors (Lipinski definition) is 2. The van der Waals surface area contributed by atoms with Crippen LogP contribution >= 0.6 is 0 Å². The van der Waals surface area contributed by atoms with E-state index in [1.807, 2.05) is 18.2 Å². The normalized spacial score (nSPS) is 27.7. The molecular formula is C12H11NO2. The third-order valence-corrected chi connectivity index (χ3v) is 3.28. The van der Waals surface area contributed by atoms with Gasteiger partial charge in [-0.15, -0.1) is 0 Å². The van der Waals surface area contributed by atoms with Gasteiger partial charge in [0.2, 0.25) is 5.91 Å². The summed E-state index contributed by atoms with van der Waals surface area (Å²) in [4.78, 5) is 24.4. The predicted molar refractivity (Wildman–Crippen MR) is 55.8 cm³/mol. The maximum absolute atomic E-state index is 11.8. The number of hydrogen-bond donors (Lipinski definition) is 0. The molecule has 1 aliphatic carbocycles. The van der Waals surface area contributed by atoms with Gasteiger partial charge in [-0.05, 0) is 24.5 Å². The summed E-state index contributed by atoms with van der Waals surface area (Å²) >= 11 is 0. The number of para-hydroxylation sites is 1. The molecule has 2 unspecified atom stereocenters. The van der Waals surface area contributed by atoms with Gasteiger partial charge in [-0.3, -0.25) is 9.59 Å². The fourth-order valence-electron chi connectivity index (χ4n) is 2.33. The highest BCUT2D eigenvalue weighted by molar-refractivity contribution is 6.03. The SMILES string of the molecule is O=Cc1ccccc1N1CC2CC2C1=O. The smallest absolute Gasteiger partial charge is 0.230 e. The second kappa shape index (κ2) is 2.92. The van der Waals surface area contributed by atoms with Gasteiger partial charge in [0.25, 0.3) is 0 Å². The highest BCUT2D eigenvalue weighted by Gasteiger charge is 2.52. The molecule has 2 atom stereocenters. The maximum atomic E-state index is 11.8. The van der Waals surface area contributed by atoms with Gasteiger partial charge in [-0.1, -0.05) is 12.1 Å². The van der Waals surface area contributed by atoms with Gasteiger partial charge < -0.3 is 4.90 Å². The van der Waals surface area contributed by atoms with Crippen LogP contribution in [0.4, 0.5) is 5.69 Å². The standard InChI is InChI=1S/C12H11NO2/c14-7-8-3-1-2-4-11(8)13-6-9-5-10(9)12(13)15/h1-4,7,9-10H,5-6H2. The van der Waals surface area contributed by atoms with Gasteiger partial charge in [-0.25, -0.2) is 0 Å². The van der Waals surface area contributed by atoms with Gasteiger partial charge in [0.15, 0.2) is 6.29 Å². The van der Waals surface area contributed by atoms with Crippen LogP contribution in [-0.2, 0) is 4.79 Å². The molecule has 3 heteroatoms. The van der Waals surface area contributed by atoms with Crippen LogP contribution in [0.1, 0.15) is 16.8 Å². The summed E-state index contributed by atoms with van der Waals surface area (Å²) in [5, 5.41) is 0.